The zero-order valence-electron chi connectivity index (χ0n) is 24.4. The van der Waals surface area contributed by atoms with E-state index in [1.54, 1.807) is 7.11 Å². The number of halogens is 2. The van der Waals surface area contributed by atoms with E-state index in [9.17, 15) is 17.2 Å². The minimum Gasteiger partial charge on any atom is -0.494 e. The zero-order valence-corrected chi connectivity index (χ0v) is 25.3. The van der Waals surface area contributed by atoms with Gasteiger partial charge in [0, 0.05) is 58.1 Å². The van der Waals surface area contributed by atoms with Crippen molar-refractivity contribution in [2.75, 3.05) is 69.2 Å². The van der Waals surface area contributed by atoms with Crippen LogP contribution in [0, 0.1) is 0 Å². The Kier molecular flexibility index (Phi) is 8.28. The molecule has 1 saturated heterocycles. The minimum absolute atomic E-state index is 0.0715. The number of nitrogens with one attached hydrogen (secondary N) is 2. The smallest absolute Gasteiger partial charge is 0.275 e. The molecule has 42 heavy (non-hydrogen) atoms. The summed E-state index contributed by atoms with van der Waals surface area (Å²) in [6.07, 6.45) is 2.66. The van der Waals surface area contributed by atoms with Crippen LogP contribution in [0.15, 0.2) is 48.7 Å². The summed E-state index contributed by atoms with van der Waals surface area (Å²) in [4.78, 5) is 13.2. The third kappa shape index (κ3) is 6.27. The Morgan fingerprint density at radius 3 is 2.50 bits per heavy atom. The van der Waals surface area contributed by atoms with Crippen LogP contribution in [0.25, 0.3) is 0 Å². The second kappa shape index (κ2) is 11.6. The van der Waals surface area contributed by atoms with E-state index in [-0.39, 0.29) is 17.3 Å². The Balaban J connectivity index is 1.45. The lowest BCUT2D eigenvalue weighted by atomic mass is 10.1. The predicted octanol–water partition coefficient (Wildman–Crippen LogP) is 4.06. The van der Waals surface area contributed by atoms with Crippen LogP contribution < -0.4 is 20.3 Å². The number of hydrogen-bond donors (Lipinski definition) is 2. The van der Waals surface area contributed by atoms with Gasteiger partial charge in [-0.3, -0.25) is 0 Å². The van der Waals surface area contributed by atoms with Crippen LogP contribution >= 0.6 is 0 Å². The normalized spacial score (nSPS) is 19.6. The molecule has 0 spiro atoms. The average molecular weight is 602 g/mol. The van der Waals surface area contributed by atoms with Gasteiger partial charge in [0.05, 0.1) is 36.7 Å². The van der Waals surface area contributed by atoms with E-state index in [2.05, 4.69) is 37.4 Å². The maximum atomic E-state index is 14.7. The van der Waals surface area contributed by atoms with Gasteiger partial charge in [-0.05, 0) is 36.7 Å². The lowest BCUT2D eigenvalue weighted by Gasteiger charge is -2.34. The molecule has 1 aliphatic heterocycles. The van der Waals surface area contributed by atoms with Gasteiger partial charge in [0.15, 0.2) is 0 Å². The summed E-state index contributed by atoms with van der Waals surface area (Å²) in [6, 6.07) is 12.1. The maximum Gasteiger partial charge on any atom is 0.275 e. The van der Waals surface area contributed by atoms with Crippen LogP contribution in [-0.2, 0) is 22.4 Å². The molecular formula is C29H37F2N7O3S. The predicted molar refractivity (Wildman–Crippen MR) is 160 cm³/mol. The van der Waals surface area contributed by atoms with Gasteiger partial charge in [-0.2, -0.15) is 9.29 Å². The number of methoxy groups -OCH3 is 1. The summed E-state index contributed by atoms with van der Waals surface area (Å²) in [7, 11) is 1.58. The molecule has 5 rings (SSSR count). The first-order valence-corrected chi connectivity index (χ1v) is 15.6. The highest BCUT2D eigenvalue weighted by Gasteiger charge is 2.40. The number of sulfonamides is 1. The molecule has 2 aromatic carbocycles. The van der Waals surface area contributed by atoms with Crippen LogP contribution in [-0.4, -0.2) is 87.3 Å². The number of ether oxygens (including phenoxy) is 1. The van der Waals surface area contributed by atoms with Crippen LogP contribution in [0.3, 0.4) is 0 Å². The summed E-state index contributed by atoms with van der Waals surface area (Å²) < 4.78 is 61.5. The van der Waals surface area contributed by atoms with Crippen LogP contribution in [0.2, 0.25) is 0 Å². The Labute approximate surface area is 245 Å². The highest BCUT2D eigenvalue weighted by atomic mass is 32.2. The van der Waals surface area contributed by atoms with Gasteiger partial charge in [-0.15, -0.1) is 0 Å². The number of rotatable bonds is 9. The van der Waals surface area contributed by atoms with Crippen molar-refractivity contribution in [3.8, 4) is 5.75 Å². The number of benzene rings is 2. The lowest BCUT2D eigenvalue weighted by Crippen LogP contribution is -2.44. The lowest BCUT2D eigenvalue weighted by molar-refractivity contribution is 0.0175. The van der Waals surface area contributed by atoms with Gasteiger partial charge in [-0.25, -0.2) is 22.2 Å². The van der Waals surface area contributed by atoms with Crippen LogP contribution in [0.4, 0.5) is 31.9 Å². The Morgan fingerprint density at radius 2 is 1.83 bits per heavy atom. The van der Waals surface area contributed by atoms with Crippen molar-refractivity contribution in [2.24, 2.45) is 0 Å². The maximum absolute atomic E-state index is 14.7. The van der Waals surface area contributed by atoms with Gasteiger partial charge in [-0.1, -0.05) is 24.3 Å². The molecule has 2 heterocycles. The number of fused-ring (bicyclic) bond motifs is 1. The molecule has 0 radical (unpaired) electrons. The SMILES string of the molecule is COc1cc(N2CCN(C)CC2)ccc1Nc1ncc(C(C)(F)F)c(NC2Cc3ccccc3C2N(C)S(C)(=O)=O)n1. The summed E-state index contributed by atoms with van der Waals surface area (Å²) in [5.74, 6) is -2.65. The summed E-state index contributed by atoms with van der Waals surface area (Å²) >= 11 is 0. The fourth-order valence-corrected chi connectivity index (χ4v) is 6.25. The van der Waals surface area contributed by atoms with Gasteiger partial charge < -0.3 is 25.2 Å². The third-order valence-electron chi connectivity index (χ3n) is 7.99. The molecule has 2 atom stereocenters. The van der Waals surface area contributed by atoms with Gasteiger partial charge in [0.2, 0.25) is 16.0 Å². The van der Waals surface area contributed by atoms with E-state index in [0.717, 1.165) is 62.4 Å². The fourth-order valence-electron chi connectivity index (χ4n) is 5.57. The van der Waals surface area contributed by atoms with E-state index in [1.165, 1.54) is 11.4 Å². The molecule has 13 heteroatoms. The molecule has 1 fully saturated rings. The van der Waals surface area contributed by atoms with Crippen molar-refractivity contribution in [3.63, 3.8) is 0 Å². The Morgan fingerprint density at radius 1 is 1.12 bits per heavy atom. The monoisotopic (exact) mass is 601 g/mol. The zero-order chi connectivity index (χ0) is 30.2. The molecule has 3 aromatic rings. The highest BCUT2D eigenvalue weighted by molar-refractivity contribution is 7.88. The van der Waals surface area contributed by atoms with Crippen molar-refractivity contribution in [1.29, 1.82) is 0 Å². The van der Waals surface area contributed by atoms with Crippen molar-refractivity contribution >= 4 is 33.2 Å². The first-order chi connectivity index (χ1) is 19.8. The molecular weight excluding hydrogens is 564 g/mol. The van der Waals surface area contributed by atoms with Gasteiger partial charge >= 0.3 is 0 Å². The highest BCUT2D eigenvalue weighted by Crippen LogP contribution is 2.40. The number of aromatic nitrogens is 2. The number of anilines is 4. The largest absolute Gasteiger partial charge is 0.494 e. The van der Waals surface area contributed by atoms with Crippen molar-refractivity contribution in [1.82, 2.24) is 19.2 Å². The first-order valence-electron chi connectivity index (χ1n) is 13.8. The molecule has 0 bridgehead atoms. The molecule has 1 aromatic heterocycles. The average Bonchev–Trinajstić information content (AvgIpc) is 3.29. The number of likely N-dealkylation sites (N-methyl/N-ethyl adjacent to an activating group) is 2. The van der Waals surface area contributed by atoms with Gasteiger partial charge in [0.1, 0.15) is 11.6 Å². The number of piperazine rings is 1. The topological polar surface area (TPSA) is 103 Å². The van der Waals surface area contributed by atoms with E-state index >= 15 is 0 Å². The molecule has 2 unspecified atom stereocenters. The van der Waals surface area contributed by atoms with E-state index in [1.807, 2.05) is 42.5 Å². The van der Waals surface area contributed by atoms with E-state index in [4.69, 9.17) is 4.74 Å². The van der Waals surface area contributed by atoms with Crippen LogP contribution in [0.1, 0.15) is 29.7 Å². The molecule has 0 amide bonds. The van der Waals surface area contributed by atoms with Crippen molar-refractivity contribution < 1.29 is 21.9 Å². The summed E-state index contributed by atoms with van der Waals surface area (Å²) in [5, 5.41) is 6.27. The summed E-state index contributed by atoms with van der Waals surface area (Å²) in [5.41, 5.74) is 2.99. The first kappa shape index (κ1) is 29.9. The molecule has 0 saturated carbocycles. The second-order valence-electron chi connectivity index (χ2n) is 11.0. The number of nitrogens with zero attached hydrogens (tertiary/aromatic N) is 5. The standard InChI is InChI=1S/C29H37F2N7O3S/c1-29(30,31)22-18-32-28(34-23-11-10-20(17-25(23)41-4)38-14-12-36(2)13-15-38)35-27(22)33-24-16-19-8-6-7-9-21(19)26(24)37(3)42(5,39)40/h6-11,17-18,24,26H,12-16H2,1-5H3,(H2,32,33,34,35). The molecule has 10 nitrogen and oxygen atoms in total. The molecule has 1 aliphatic carbocycles. The van der Waals surface area contributed by atoms with E-state index in [0.29, 0.717) is 17.9 Å². The number of alkyl halides is 2. The van der Waals surface area contributed by atoms with Crippen molar-refractivity contribution in [2.45, 2.75) is 31.4 Å². The van der Waals surface area contributed by atoms with Crippen molar-refractivity contribution in [3.05, 3.63) is 65.4 Å². The Bertz CT molecular complexity index is 1540. The number of hydrogen-bond acceptors (Lipinski definition) is 9. The van der Waals surface area contributed by atoms with Crippen LogP contribution in [0.5, 0.6) is 5.75 Å². The van der Waals surface area contributed by atoms with E-state index < -0.39 is 28.0 Å². The summed E-state index contributed by atoms with van der Waals surface area (Å²) in [6.45, 7) is 4.52. The minimum atomic E-state index is -3.58. The molecule has 226 valence electrons. The quantitative estimate of drug-likeness (QED) is 0.376. The molecule has 2 aliphatic rings. The third-order valence-corrected chi connectivity index (χ3v) is 9.27. The molecule has 2 N–H and O–H groups in total. The van der Waals surface area contributed by atoms with Gasteiger partial charge in [0.25, 0.3) is 5.92 Å². The Hall–Kier alpha value is -3.55. The fraction of sp³-hybridized carbons (Fsp3) is 0.448. The second-order valence-corrected chi connectivity index (χ2v) is 13.1.